The summed E-state index contributed by atoms with van der Waals surface area (Å²) in [4.78, 5) is 34.7. The van der Waals surface area contributed by atoms with Crippen molar-refractivity contribution in [2.45, 2.75) is 37.6 Å². The Balaban J connectivity index is 1.42. The van der Waals surface area contributed by atoms with Crippen LogP contribution in [0, 0.1) is 0 Å². The van der Waals surface area contributed by atoms with Crippen molar-refractivity contribution >= 4 is 21.9 Å². The van der Waals surface area contributed by atoms with Gasteiger partial charge in [0, 0.05) is 12.7 Å². The van der Waals surface area contributed by atoms with Crippen molar-refractivity contribution in [2.75, 3.05) is 13.7 Å². The summed E-state index contributed by atoms with van der Waals surface area (Å²) in [6.07, 6.45) is 3.18. The van der Waals surface area contributed by atoms with Gasteiger partial charge >= 0.3 is 5.97 Å². The first-order valence-electron chi connectivity index (χ1n) is 11.0. The summed E-state index contributed by atoms with van der Waals surface area (Å²) in [7, 11) is -2.43. The number of amides is 1. The fraction of sp³-hybridized carbons (Fsp3) is 0.348. The highest BCUT2D eigenvalue weighted by atomic mass is 32.2. The summed E-state index contributed by atoms with van der Waals surface area (Å²) < 4.78 is 37.9. The fourth-order valence-electron chi connectivity index (χ4n) is 3.77. The van der Waals surface area contributed by atoms with E-state index >= 15 is 0 Å². The molecule has 0 bridgehead atoms. The molecular weight excluding hydrogens is 474 g/mol. The summed E-state index contributed by atoms with van der Waals surface area (Å²) >= 11 is 0. The fourth-order valence-corrected chi connectivity index (χ4v) is 5.14. The number of sulfonamides is 1. The minimum Gasteiger partial charge on any atom is -0.465 e. The van der Waals surface area contributed by atoms with Gasteiger partial charge in [-0.15, -0.1) is 0 Å². The monoisotopic (exact) mass is 499 g/mol. The molecule has 35 heavy (non-hydrogen) atoms. The third-order valence-electron chi connectivity index (χ3n) is 5.51. The van der Waals surface area contributed by atoms with Gasteiger partial charge in [0.05, 0.1) is 18.4 Å². The Labute approximate surface area is 202 Å². The third kappa shape index (κ3) is 6.28. The number of carbonyl (C=O) groups excluding carboxylic acids is 2. The number of esters is 1. The predicted octanol–water partition coefficient (Wildman–Crippen LogP) is 1.92. The van der Waals surface area contributed by atoms with Gasteiger partial charge < -0.3 is 14.2 Å². The van der Waals surface area contributed by atoms with E-state index in [1.165, 1.54) is 24.3 Å². The first-order chi connectivity index (χ1) is 16.8. The summed E-state index contributed by atoms with van der Waals surface area (Å²) in [6.45, 7) is 0.489. The van der Waals surface area contributed by atoms with Crippen LogP contribution in [0.25, 0.3) is 11.5 Å². The topological polar surface area (TPSA) is 145 Å². The molecule has 1 unspecified atom stereocenters. The lowest BCUT2D eigenvalue weighted by Crippen LogP contribution is -2.47. The van der Waals surface area contributed by atoms with Gasteiger partial charge in [0.15, 0.2) is 0 Å². The van der Waals surface area contributed by atoms with Crippen LogP contribution in [-0.4, -0.2) is 60.0 Å². The van der Waals surface area contributed by atoms with Gasteiger partial charge in [-0.3, -0.25) is 9.78 Å². The van der Waals surface area contributed by atoms with E-state index in [2.05, 4.69) is 24.6 Å². The van der Waals surface area contributed by atoms with E-state index in [0.29, 0.717) is 30.6 Å². The standard InChI is InChI=1S/C23H25N5O6S/c1-33-23(30)17-10-11-18(24-13-17)21-25-20(34-26-21)14-28-12-6-5-9-19(22(28)29)27-35(31,32)15-16-7-3-2-4-8-16/h2-4,7-8,10-11,13,19,27H,5-6,9,12,14-15H2,1H3. The van der Waals surface area contributed by atoms with Crippen LogP contribution in [0.15, 0.2) is 53.2 Å². The number of hydrogen-bond acceptors (Lipinski definition) is 9. The Kier molecular flexibility index (Phi) is 7.51. The summed E-state index contributed by atoms with van der Waals surface area (Å²) in [5, 5.41) is 3.91. The van der Waals surface area contributed by atoms with Crippen molar-refractivity contribution in [1.82, 2.24) is 24.7 Å². The lowest BCUT2D eigenvalue weighted by atomic mass is 10.1. The van der Waals surface area contributed by atoms with Crippen molar-refractivity contribution in [2.24, 2.45) is 0 Å². The molecule has 12 heteroatoms. The lowest BCUT2D eigenvalue weighted by molar-refractivity contribution is -0.133. The van der Waals surface area contributed by atoms with Crippen LogP contribution < -0.4 is 4.72 Å². The van der Waals surface area contributed by atoms with Gasteiger partial charge in [0.2, 0.25) is 27.6 Å². The Morgan fingerprint density at radius 3 is 2.71 bits per heavy atom. The smallest absolute Gasteiger partial charge is 0.339 e. The van der Waals surface area contributed by atoms with Gasteiger partial charge in [-0.25, -0.2) is 17.9 Å². The molecule has 4 rings (SSSR count). The number of carbonyl (C=O) groups is 2. The van der Waals surface area contributed by atoms with Gasteiger partial charge in [-0.2, -0.15) is 4.98 Å². The zero-order valence-electron chi connectivity index (χ0n) is 19.1. The molecule has 0 aliphatic carbocycles. The van der Waals surface area contributed by atoms with E-state index in [1.807, 2.05) is 6.07 Å². The summed E-state index contributed by atoms with van der Waals surface area (Å²) in [5.74, 6) is -0.642. The van der Waals surface area contributed by atoms with Crippen molar-refractivity contribution in [3.63, 3.8) is 0 Å². The number of benzene rings is 1. The molecule has 3 heterocycles. The number of nitrogens with one attached hydrogen (secondary N) is 1. The number of likely N-dealkylation sites (tertiary alicyclic amines) is 1. The lowest BCUT2D eigenvalue weighted by Gasteiger charge is -2.23. The van der Waals surface area contributed by atoms with Gasteiger partial charge in [-0.1, -0.05) is 35.5 Å². The van der Waals surface area contributed by atoms with Gasteiger partial charge in [0.1, 0.15) is 18.3 Å². The minimum atomic E-state index is -3.71. The number of ether oxygens (including phenoxy) is 1. The molecule has 11 nitrogen and oxygen atoms in total. The van der Waals surface area contributed by atoms with Crippen molar-refractivity contribution in [3.8, 4) is 11.5 Å². The highest BCUT2D eigenvalue weighted by Gasteiger charge is 2.31. The van der Waals surface area contributed by atoms with Crippen LogP contribution in [0.4, 0.5) is 0 Å². The van der Waals surface area contributed by atoms with E-state index in [0.717, 1.165) is 6.42 Å². The average molecular weight is 500 g/mol. The Bertz CT molecular complexity index is 1280. The van der Waals surface area contributed by atoms with Crippen LogP contribution in [0.3, 0.4) is 0 Å². The number of hydrogen-bond donors (Lipinski definition) is 1. The Hall–Kier alpha value is -3.64. The average Bonchev–Trinajstić information content (AvgIpc) is 3.26. The Morgan fingerprint density at radius 2 is 2.00 bits per heavy atom. The molecule has 184 valence electrons. The van der Waals surface area contributed by atoms with Crippen LogP contribution in [0.2, 0.25) is 0 Å². The highest BCUT2D eigenvalue weighted by Crippen LogP contribution is 2.19. The van der Waals surface area contributed by atoms with Crippen molar-refractivity contribution in [3.05, 3.63) is 65.7 Å². The zero-order chi connectivity index (χ0) is 24.8. The molecule has 3 aromatic rings. The molecule has 0 spiro atoms. The Morgan fingerprint density at radius 1 is 1.20 bits per heavy atom. The van der Waals surface area contributed by atoms with E-state index in [-0.39, 0.29) is 35.5 Å². The maximum absolute atomic E-state index is 13.1. The normalized spacial score (nSPS) is 16.7. The van der Waals surface area contributed by atoms with Crippen LogP contribution in [0.1, 0.15) is 41.1 Å². The maximum atomic E-state index is 13.1. The number of pyridine rings is 1. The molecule has 1 saturated heterocycles. The van der Waals surface area contributed by atoms with E-state index in [9.17, 15) is 18.0 Å². The second-order valence-corrected chi connectivity index (χ2v) is 9.86. The molecule has 1 N–H and O–H groups in total. The molecule has 1 aromatic carbocycles. The molecule has 1 aliphatic rings. The number of methoxy groups -OCH3 is 1. The highest BCUT2D eigenvalue weighted by molar-refractivity contribution is 7.88. The molecule has 0 radical (unpaired) electrons. The summed E-state index contributed by atoms with van der Waals surface area (Å²) in [5.41, 5.74) is 1.32. The van der Waals surface area contributed by atoms with Crippen molar-refractivity contribution < 1.29 is 27.3 Å². The van der Waals surface area contributed by atoms with Gasteiger partial charge in [-0.05, 0) is 37.0 Å². The molecule has 0 saturated carbocycles. The predicted molar refractivity (Wildman–Crippen MR) is 124 cm³/mol. The zero-order valence-corrected chi connectivity index (χ0v) is 19.9. The summed E-state index contributed by atoms with van der Waals surface area (Å²) in [6, 6.07) is 11.0. The quantitative estimate of drug-likeness (QED) is 0.459. The number of rotatable bonds is 8. The van der Waals surface area contributed by atoms with E-state index in [4.69, 9.17) is 4.52 Å². The second-order valence-electron chi connectivity index (χ2n) is 8.11. The number of nitrogens with zero attached hydrogens (tertiary/aromatic N) is 4. The largest absolute Gasteiger partial charge is 0.465 e. The second kappa shape index (κ2) is 10.7. The first kappa shape index (κ1) is 24.5. The minimum absolute atomic E-state index is 0.0446. The van der Waals surface area contributed by atoms with Crippen molar-refractivity contribution in [1.29, 1.82) is 0 Å². The van der Waals surface area contributed by atoms with Crippen LogP contribution >= 0.6 is 0 Å². The van der Waals surface area contributed by atoms with Gasteiger partial charge in [0.25, 0.3) is 0 Å². The molecule has 1 aliphatic heterocycles. The van der Waals surface area contributed by atoms with E-state index in [1.54, 1.807) is 30.3 Å². The molecule has 1 amide bonds. The first-order valence-corrected chi connectivity index (χ1v) is 12.7. The molecule has 1 atom stereocenters. The SMILES string of the molecule is COC(=O)c1ccc(-c2noc(CN3CCCCC(NS(=O)(=O)Cc4ccccc4)C3=O)n2)nc1. The van der Waals surface area contributed by atoms with E-state index < -0.39 is 22.0 Å². The molecule has 1 fully saturated rings. The maximum Gasteiger partial charge on any atom is 0.339 e. The van der Waals surface area contributed by atoms with Crippen LogP contribution in [-0.2, 0) is 31.9 Å². The van der Waals surface area contributed by atoms with Crippen LogP contribution in [0.5, 0.6) is 0 Å². The molecule has 2 aromatic heterocycles. The molecular formula is C23H25N5O6S. The number of aromatic nitrogens is 3. The third-order valence-corrected chi connectivity index (χ3v) is 6.87.